The summed E-state index contributed by atoms with van der Waals surface area (Å²) in [6, 6.07) is 21.5. The third-order valence-electron chi connectivity index (χ3n) is 6.64. The number of carbonyl (C=O) groups is 2. The summed E-state index contributed by atoms with van der Waals surface area (Å²) in [5.41, 5.74) is 5.79. The number of aryl methyl sites for hydroxylation is 2. The summed E-state index contributed by atoms with van der Waals surface area (Å²) in [6.45, 7) is 3.05. The van der Waals surface area contributed by atoms with E-state index in [0.717, 1.165) is 35.2 Å². The molecule has 0 fully saturated rings. The van der Waals surface area contributed by atoms with Crippen LogP contribution in [0.2, 0.25) is 0 Å². The number of imide groups is 1. The summed E-state index contributed by atoms with van der Waals surface area (Å²) in [5, 5.41) is 0. The molecule has 3 aromatic carbocycles. The van der Waals surface area contributed by atoms with Gasteiger partial charge in [-0.2, -0.15) is 0 Å². The van der Waals surface area contributed by atoms with Gasteiger partial charge in [-0.1, -0.05) is 54.1 Å². The molecule has 170 valence electrons. The van der Waals surface area contributed by atoms with E-state index in [1.54, 1.807) is 0 Å². The van der Waals surface area contributed by atoms with Gasteiger partial charge in [0.2, 0.25) is 6.79 Å². The van der Waals surface area contributed by atoms with Gasteiger partial charge in [0.25, 0.3) is 11.8 Å². The van der Waals surface area contributed by atoms with Gasteiger partial charge in [-0.3, -0.25) is 14.5 Å². The molecule has 3 aliphatic rings. The van der Waals surface area contributed by atoms with Gasteiger partial charge >= 0.3 is 0 Å². The summed E-state index contributed by atoms with van der Waals surface area (Å²) in [5.74, 6) is 0.764. The fourth-order valence-corrected chi connectivity index (χ4v) is 4.93. The van der Waals surface area contributed by atoms with Crippen LogP contribution in [0.4, 0.5) is 5.69 Å². The Morgan fingerprint density at radius 1 is 0.882 bits per heavy atom. The Morgan fingerprint density at radius 3 is 2.53 bits per heavy atom. The number of fused-ring (bicyclic) bond motifs is 2. The monoisotopic (exact) mass is 452 g/mol. The highest BCUT2D eigenvalue weighted by molar-refractivity contribution is 6.36. The molecule has 6 rings (SSSR count). The first-order valence-corrected chi connectivity index (χ1v) is 11.5. The molecule has 0 atom stereocenters. The number of rotatable bonds is 4. The highest BCUT2D eigenvalue weighted by Crippen LogP contribution is 2.39. The van der Waals surface area contributed by atoms with Gasteiger partial charge in [-0.25, -0.2) is 0 Å². The Kier molecular flexibility index (Phi) is 4.87. The molecular formula is C28H24N2O4. The molecule has 0 radical (unpaired) electrons. The van der Waals surface area contributed by atoms with E-state index in [-0.39, 0.29) is 25.2 Å². The molecule has 0 saturated carbocycles. The summed E-state index contributed by atoms with van der Waals surface area (Å²) in [6.07, 6.45) is 1.88. The van der Waals surface area contributed by atoms with Crippen molar-refractivity contribution in [3.05, 3.63) is 94.7 Å². The maximum absolute atomic E-state index is 13.9. The summed E-state index contributed by atoms with van der Waals surface area (Å²) in [4.78, 5) is 31.0. The molecule has 3 heterocycles. The zero-order chi connectivity index (χ0) is 23.2. The van der Waals surface area contributed by atoms with E-state index < -0.39 is 0 Å². The summed E-state index contributed by atoms with van der Waals surface area (Å²) < 4.78 is 10.9. The van der Waals surface area contributed by atoms with E-state index in [9.17, 15) is 9.59 Å². The van der Waals surface area contributed by atoms with Gasteiger partial charge in [0.1, 0.15) is 5.70 Å². The van der Waals surface area contributed by atoms with Crippen molar-refractivity contribution in [1.29, 1.82) is 0 Å². The highest BCUT2D eigenvalue weighted by Gasteiger charge is 2.42. The molecule has 6 nitrogen and oxygen atoms in total. The molecule has 2 amide bonds. The predicted molar refractivity (Wildman–Crippen MR) is 128 cm³/mol. The van der Waals surface area contributed by atoms with Crippen molar-refractivity contribution in [3.63, 3.8) is 0 Å². The first-order chi connectivity index (χ1) is 16.6. The van der Waals surface area contributed by atoms with Crippen LogP contribution in [0.3, 0.4) is 0 Å². The van der Waals surface area contributed by atoms with Crippen LogP contribution >= 0.6 is 0 Å². The molecule has 0 bridgehead atoms. The van der Waals surface area contributed by atoms with E-state index in [1.807, 2.05) is 72.5 Å². The van der Waals surface area contributed by atoms with Gasteiger partial charge in [-0.05, 0) is 54.7 Å². The standard InChI is InChI=1S/C28H24N2O4/c1-18-8-11-21(12-9-18)25-26(29-14-4-6-20-5-2-3-7-22(20)29)28(32)30(27(25)31)16-19-10-13-23-24(15-19)34-17-33-23/h2-3,5,7-13,15H,4,6,14,16-17H2,1H3. The largest absolute Gasteiger partial charge is 0.454 e. The van der Waals surface area contributed by atoms with Crippen molar-refractivity contribution in [2.45, 2.75) is 26.3 Å². The number of hydrogen-bond donors (Lipinski definition) is 0. The van der Waals surface area contributed by atoms with Crippen molar-refractivity contribution < 1.29 is 19.1 Å². The second kappa shape index (κ2) is 8.06. The fourth-order valence-electron chi connectivity index (χ4n) is 4.93. The van der Waals surface area contributed by atoms with Crippen molar-refractivity contribution in [3.8, 4) is 11.5 Å². The van der Waals surface area contributed by atoms with Crippen molar-refractivity contribution in [2.24, 2.45) is 0 Å². The smallest absolute Gasteiger partial charge is 0.278 e. The molecule has 3 aromatic rings. The lowest BCUT2D eigenvalue weighted by molar-refractivity contribution is -0.137. The molecule has 0 aliphatic carbocycles. The Labute approximate surface area is 198 Å². The van der Waals surface area contributed by atoms with E-state index >= 15 is 0 Å². The number of carbonyl (C=O) groups excluding carboxylic acids is 2. The molecule has 0 unspecified atom stereocenters. The lowest BCUT2D eigenvalue weighted by atomic mass is 9.98. The topological polar surface area (TPSA) is 59.1 Å². The Balaban J connectivity index is 1.43. The van der Waals surface area contributed by atoms with E-state index in [2.05, 4.69) is 6.07 Å². The minimum Gasteiger partial charge on any atom is -0.454 e. The maximum atomic E-state index is 13.9. The highest BCUT2D eigenvalue weighted by atomic mass is 16.7. The van der Waals surface area contributed by atoms with Crippen LogP contribution in [-0.2, 0) is 22.6 Å². The minimum atomic E-state index is -0.274. The SMILES string of the molecule is Cc1ccc(C2=C(N3CCCc4ccccc43)C(=O)N(Cc3ccc4c(c3)OCO4)C2=O)cc1. The lowest BCUT2D eigenvalue weighted by Gasteiger charge is -2.32. The van der Waals surface area contributed by atoms with Gasteiger partial charge in [0.15, 0.2) is 11.5 Å². The molecule has 3 aliphatic heterocycles. The summed E-state index contributed by atoms with van der Waals surface area (Å²) >= 11 is 0. The first-order valence-electron chi connectivity index (χ1n) is 11.5. The van der Waals surface area contributed by atoms with Crippen LogP contribution in [-0.4, -0.2) is 30.1 Å². The average Bonchev–Trinajstić information content (AvgIpc) is 3.42. The number of hydrogen-bond acceptors (Lipinski definition) is 5. The van der Waals surface area contributed by atoms with Gasteiger partial charge in [0.05, 0.1) is 12.1 Å². The predicted octanol–water partition coefficient (Wildman–Crippen LogP) is 4.46. The molecule has 34 heavy (non-hydrogen) atoms. The number of ether oxygens (including phenoxy) is 2. The molecule has 0 N–H and O–H groups in total. The quantitative estimate of drug-likeness (QED) is 0.547. The van der Waals surface area contributed by atoms with Gasteiger partial charge < -0.3 is 14.4 Å². The Bertz CT molecular complexity index is 1340. The Morgan fingerprint density at radius 2 is 1.68 bits per heavy atom. The normalized spacial score (nSPS) is 17.0. The lowest BCUT2D eigenvalue weighted by Crippen LogP contribution is -2.36. The molecular weight excluding hydrogens is 428 g/mol. The number of anilines is 1. The number of benzene rings is 3. The number of nitrogens with zero attached hydrogens (tertiary/aromatic N) is 2. The van der Waals surface area contributed by atoms with Crippen LogP contribution in [0.25, 0.3) is 5.57 Å². The van der Waals surface area contributed by atoms with Gasteiger partial charge in [-0.15, -0.1) is 0 Å². The van der Waals surface area contributed by atoms with Crippen LogP contribution in [0.1, 0.15) is 28.7 Å². The third-order valence-corrected chi connectivity index (χ3v) is 6.64. The number of amides is 2. The maximum Gasteiger partial charge on any atom is 0.278 e. The molecule has 0 aromatic heterocycles. The average molecular weight is 453 g/mol. The van der Waals surface area contributed by atoms with Crippen LogP contribution in [0.5, 0.6) is 11.5 Å². The third kappa shape index (κ3) is 3.34. The zero-order valence-electron chi connectivity index (χ0n) is 18.9. The van der Waals surface area contributed by atoms with Crippen LogP contribution < -0.4 is 14.4 Å². The fraction of sp³-hybridized carbons (Fsp3) is 0.214. The first kappa shape index (κ1) is 20.5. The van der Waals surface area contributed by atoms with Crippen molar-refractivity contribution >= 4 is 23.1 Å². The van der Waals surface area contributed by atoms with Crippen molar-refractivity contribution in [1.82, 2.24) is 4.90 Å². The summed E-state index contributed by atoms with van der Waals surface area (Å²) in [7, 11) is 0. The molecule has 0 spiro atoms. The van der Waals surface area contributed by atoms with E-state index in [1.165, 1.54) is 10.5 Å². The molecule has 0 saturated heterocycles. The van der Waals surface area contributed by atoms with Crippen molar-refractivity contribution in [2.75, 3.05) is 18.2 Å². The molecule has 6 heteroatoms. The minimum absolute atomic E-state index is 0.169. The van der Waals surface area contributed by atoms with Crippen LogP contribution in [0, 0.1) is 6.92 Å². The Hall–Kier alpha value is -4.06. The van der Waals surface area contributed by atoms with E-state index in [0.29, 0.717) is 29.3 Å². The van der Waals surface area contributed by atoms with E-state index in [4.69, 9.17) is 9.47 Å². The van der Waals surface area contributed by atoms with Crippen LogP contribution in [0.15, 0.2) is 72.4 Å². The second-order valence-corrected chi connectivity index (χ2v) is 8.86. The second-order valence-electron chi connectivity index (χ2n) is 8.86. The number of para-hydroxylation sites is 1. The van der Waals surface area contributed by atoms with Gasteiger partial charge in [0, 0.05) is 12.2 Å². The zero-order valence-corrected chi connectivity index (χ0v) is 18.9.